The third-order valence-electron chi connectivity index (χ3n) is 6.42. The molecule has 1 aromatic carbocycles. The summed E-state index contributed by atoms with van der Waals surface area (Å²) in [4.78, 5) is 29.8. The minimum atomic E-state index is -3.77. The van der Waals surface area contributed by atoms with Crippen LogP contribution < -0.4 is 4.72 Å². The number of hydrogen-bond acceptors (Lipinski definition) is 6. The lowest BCUT2D eigenvalue weighted by Gasteiger charge is -2.41. The summed E-state index contributed by atoms with van der Waals surface area (Å²) in [6.07, 6.45) is 7.08. The average Bonchev–Trinajstić information content (AvgIpc) is 3.17. The number of benzene rings is 1. The van der Waals surface area contributed by atoms with Crippen LogP contribution in [0.25, 0.3) is 0 Å². The van der Waals surface area contributed by atoms with Gasteiger partial charge in [-0.25, -0.2) is 17.9 Å². The summed E-state index contributed by atoms with van der Waals surface area (Å²) in [5.41, 5.74) is 1.37. The molecule has 2 aromatic rings. The minimum absolute atomic E-state index is 0.0907. The average molecular weight is 502 g/mol. The quantitative estimate of drug-likeness (QED) is 0.596. The van der Waals surface area contributed by atoms with Gasteiger partial charge in [0.25, 0.3) is 0 Å². The summed E-state index contributed by atoms with van der Waals surface area (Å²) in [7, 11) is -2.00. The molecule has 2 aliphatic heterocycles. The summed E-state index contributed by atoms with van der Waals surface area (Å²) in [5, 5.41) is 3.54. The number of urea groups is 1. The highest BCUT2D eigenvalue weighted by Gasteiger charge is 2.51. The maximum Gasteiger partial charge on any atom is 0.327 e. The molecule has 1 saturated heterocycles. The maximum absolute atomic E-state index is 13.5. The van der Waals surface area contributed by atoms with Crippen LogP contribution in [0.3, 0.4) is 0 Å². The number of carbonyl (C=O) groups excluding carboxylic acids is 2. The Morgan fingerprint density at radius 1 is 1.18 bits per heavy atom. The Kier molecular flexibility index (Phi) is 5.81. The smallest absolute Gasteiger partial charge is 0.310 e. The topological polar surface area (TPSA) is 105 Å². The van der Waals surface area contributed by atoms with Gasteiger partial charge in [0.05, 0.1) is 18.7 Å². The number of nitrogens with zero attached hydrogens (tertiary/aromatic N) is 4. The Morgan fingerprint density at radius 2 is 1.91 bits per heavy atom. The van der Waals surface area contributed by atoms with Gasteiger partial charge in [-0.05, 0) is 37.8 Å². The SMILES string of the molecule is Cn1cc(CN2C(=O)C3C=C(S(=O)(=O)NC4(C)CC4)SC3N(CCc3ccccc3)C2=O)cn1. The molecule has 2 fully saturated rings. The zero-order chi connectivity index (χ0) is 24.1. The second-order valence-electron chi connectivity index (χ2n) is 9.34. The van der Waals surface area contributed by atoms with Crippen molar-refractivity contribution in [2.24, 2.45) is 13.0 Å². The Bertz CT molecular complexity index is 1250. The molecule has 0 spiro atoms. The van der Waals surface area contributed by atoms with E-state index in [-0.39, 0.29) is 16.7 Å². The van der Waals surface area contributed by atoms with E-state index < -0.39 is 32.9 Å². The highest BCUT2D eigenvalue weighted by atomic mass is 32.3. The number of hydrogen-bond donors (Lipinski definition) is 1. The van der Waals surface area contributed by atoms with Crippen molar-refractivity contribution in [3.05, 3.63) is 64.2 Å². The van der Waals surface area contributed by atoms with E-state index in [0.717, 1.165) is 35.7 Å². The Labute approximate surface area is 203 Å². The third kappa shape index (κ3) is 4.51. The Hall–Kier alpha value is -2.63. The number of amides is 3. The predicted molar refractivity (Wildman–Crippen MR) is 129 cm³/mol. The summed E-state index contributed by atoms with van der Waals surface area (Å²) < 4.78 is 30.6. The first-order chi connectivity index (χ1) is 16.2. The first-order valence-electron chi connectivity index (χ1n) is 11.2. The maximum atomic E-state index is 13.5. The van der Waals surface area contributed by atoms with Crippen LogP contribution in [0.4, 0.5) is 4.79 Å². The molecule has 0 bridgehead atoms. The fraction of sp³-hybridized carbons (Fsp3) is 0.435. The van der Waals surface area contributed by atoms with Crippen LogP contribution in [0.2, 0.25) is 0 Å². The fourth-order valence-corrected chi connectivity index (χ4v) is 7.60. The van der Waals surface area contributed by atoms with Gasteiger partial charge < -0.3 is 4.90 Å². The summed E-state index contributed by atoms with van der Waals surface area (Å²) in [5.74, 6) is -1.11. The molecule has 180 valence electrons. The second-order valence-corrected chi connectivity index (χ2v) is 12.4. The largest absolute Gasteiger partial charge is 0.327 e. The minimum Gasteiger partial charge on any atom is -0.310 e. The van der Waals surface area contributed by atoms with Gasteiger partial charge in [-0.1, -0.05) is 42.1 Å². The predicted octanol–water partition coefficient (Wildman–Crippen LogP) is 2.43. The number of thioether (sulfide) groups is 1. The molecule has 1 N–H and O–H groups in total. The van der Waals surface area contributed by atoms with Crippen LogP contribution in [0.5, 0.6) is 0 Å². The molecule has 5 rings (SSSR count). The number of nitrogens with one attached hydrogen (secondary N) is 1. The van der Waals surface area contributed by atoms with E-state index in [0.29, 0.717) is 13.0 Å². The van der Waals surface area contributed by atoms with E-state index in [9.17, 15) is 18.0 Å². The molecule has 3 aliphatic rings. The van der Waals surface area contributed by atoms with E-state index >= 15 is 0 Å². The van der Waals surface area contributed by atoms with Crippen molar-refractivity contribution in [3.63, 3.8) is 0 Å². The van der Waals surface area contributed by atoms with Crippen molar-refractivity contribution >= 4 is 33.7 Å². The molecule has 2 unspecified atom stereocenters. The zero-order valence-corrected chi connectivity index (χ0v) is 20.7. The molecule has 1 aliphatic carbocycles. The van der Waals surface area contributed by atoms with Gasteiger partial charge in [0.2, 0.25) is 15.9 Å². The Balaban J connectivity index is 1.43. The molecule has 11 heteroatoms. The number of aryl methyl sites for hydroxylation is 1. The molecule has 2 atom stereocenters. The van der Waals surface area contributed by atoms with Gasteiger partial charge in [0.1, 0.15) is 9.61 Å². The van der Waals surface area contributed by atoms with Crippen LogP contribution in [-0.2, 0) is 34.8 Å². The highest BCUT2D eigenvalue weighted by molar-refractivity contribution is 8.18. The lowest BCUT2D eigenvalue weighted by Crippen LogP contribution is -2.59. The van der Waals surface area contributed by atoms with Crippen molar-refractivity contribution in [3.8, 4) is 0 Å². The van der Waals surface area contributed by atoms with Gasteiger partial charge >= 0.3 is 6.03 Å². The third-order valence-corrected chi connectivity index (χ3v) is 9.96. The van der Waals surface area contributed by atoms with E-state index in [1.165, 1.54) is 11.0 Å². The number of rotatable bonds is 8. The molecule has 1 saturated carbocycles. The molecule has 9 nitrogen and oxygen atoms in total. The molecule has 0 radical (unpaired) electrons. The molecular weight excluding hydrogens is 474 g/mol. The summed E-state index contributed by atoms with van der Waals surface area (Å²) in [6, 6.07) is 9.37. The van der Waals surface area contributed by atoms with Crippen molar-refractivity contribution in [2.45, 2.75) is 43.6 Å². The van der Waals surface area contributed by atoms with E-state index in [1.807, 2.05) is 37.3 Å². The van der Waals surface area contributed by atoms with Crippen molar-refractivity contribution in [1.82, 2.24) is 24.3 Å². The lowest BCUT2D eigenvalue weighted by atomic mass is 10.0. The van der Waals surface area contributed by atoms with Gasteiger partial charge in [-0.3, -0.25) is 14.4 Å². The highest BCUT2D eigenvalue weighted by Crippen LogP contribution is 2.46. The van der Waals surface area contributed by atoms with Gasteiger partial charge in [-0.2, -0.15) is 5.10 Å². The summed E-state index contributed by atoms with van der Waals surface area (Å²) >= 11 is 1.08. The van der Waals surface area contributed by atoms with Crippen LogP contribution in [0.1, 0.15) is 30.9 Å². The van der Waals surface area contributed by atoms with Crippen LogP contribution in [0, 0.1) is 5.92 Å². The van der Waals surface area contributed by atoms with Crippen molar-refractivity contribution in [1.29, 1.82) is 0 Å². The normalized spacial score (nSPS) is 23.8. The number of carbonyl (C=O) groups is 2. The van der Waals surface area contributed by atoms with Gasteiger partial charge in [0, 0.05) is 30.9 Å². The fourth-order valence-electron chi connectivity index (χ4n) is 4.27. The van der Waals surface area contributed by atoms with E-state index in [2.05, 4.69) is 9.82 Å². The van der Waals surface area contributed by atoms with Crippen molar-refractivity contribution in [2.75, 3.05) is 6.54 Å². The second kappa shape index (κ2) is 8.54. The first kappa shape index (κ1) is 23.1. The molecule has 1 aromatic heterocycles. The first-order valence-corrected chi connectivity index (χ1v) is 13.6. The molecule has 34 heavy (non-hydrogen) atoms. The number of imide groups is 1. The number of aromatic nitrogens is 2. The lowest BCUT2D eigenvalue weighted by molar-refractivity contribution is -0.135. The molecular formula is C23H27N5O4S2. The van der Waals surface area contributed by atoms with Gasteiger partial charge in [-0.15, -0.1) is 0 Å². The van der Waals surface area contributed by atoms with Crippen LogP contribution in [-0.4, -0.2) is 57.4 Å². The van der Waals surface area contributed by atoms with Crippen LogP contribution in [0.15, 0.2) is 53.0 Å². The monoisotopic (exact) mass is 501 g/mol. The van der Waals surface area contributed by atoms with Crippen LogP contribution >= 0.6 is 11.8 Å². The van der Waals surface area contributed by atoms with Gasteiger partial charge in [0.15, 0.2) is 0 Å². The van der Waals surface area contributed by atoms with E-state index in [4.69, 9.17) is 0 Å². The Morgan fingerprint density at radius 3 is 2.56 bits per heavy atom. The zero-order valence-electron chi connectivity index (χ0n) is 19.0. The number of fused-ring (bicyclic) bond motifs is 1. The number of sulfonamides is 1. The van der Waals surface area contributed by atoms with E-state index in [1.54, 1.807) is 29.0 Å². The standard InChI is InChI=1S/C23H27N5O4S2/c1-23(9-10-23)25-34(31,32)19-12-18-20(29)28(15-17-13-24-26(2)14-17)22(30)27(21(18)33-19)11-8-16-6-4-3-5-7-16/h3-7,12-14,18,21,25H,8-11,15H2,1-2H3. The molecule has 3 heterocycles. The molecule has 3 amide bonds. The van der Waals surface area contributed by atoms with Crippen molar-refractivity contribution < 1.29 is 18.0 Å². The summed E-state index contributed by atoms with van der Waals surface area (Å²) in [6.45, 7) is 2.34.